The molecule has 0 radical (unpaired) electrons. The monoisotopic (exact) mass is 375 g/mol. The molecule has 5 nitrogen and oxygen atoms in total. The van der Waals surface area contributed by atoms with Gasteiger partial charge in [0.2, 0.25) is 0 Å². The van der Waals surface area contributed by atoms with E-state index in [-0.39, 0.29) is 23.6 Å². The summed E-state index contributed by atoms with van der Waals surface area (Å²) < 4.78 is 16.0. The Morgan fingerprint density at radius 1 is 1.11 bits per heavy atom. The van der Waals surface area contributed by atoms with Crippen molar-refractivity contribution in [1.82, 2.24) is 14.5 Å². The number of aryl methyl sites for hydroxylation is 1. The second-order valence-electron chi connectivity index (χ2n) is 6.70. The number of hydrogen-bond donors (Lipinski definition) is 1. The lowest BCUT2D eigenvalue weighted by atomic mass is 10.1. The number of aromatic amines is 1. The number of nitrogens with one attached hydrogen (secondary N) is 1. The maximum Gasteiger partial charge on any atom is 0.258 e. The first-order valence-corrected chi connectivity index (χ1v) is 8.90. The third-order valence-electron chi connectivity index (χ3n) is 4.81. The maximum absolute atomic E-state index is 14.2. The van der Waals surface area contributed by atoms with E-state index in [9.17, 15) is 14.0 Å². The number of ketones is 1. The molecular weight excluding hydrogens is 357 g/mol. The van der Waals surface area contributed by atoms with Crippen molar-refractivity contribution in [3.8, 4) is 5.69 Å². The number of rotatable bonds is 4. The van der Waals surface area contributed by atoms with E-state index in [2.05, 4.69) is 9.97 Å². The zero-order chi connectivity index (χ0) is 19.8. The predicted octanol–water partition coefficient (Wildman–Crippen LogP) is 3.90. The average molecular weight is 375 g/mol. The number of fused-ring (bicyclic) bond motifs is 1. The van der Waals surface area contributed by atoms with Gasteiger partial charge in [-0.1, -0.05) is 24.3 Å². The molecule has 0 fully saturated rings. The van der Waals surface area contributed by atoms with Crippen LogP contribution in [0.3, 0.4) is 0 Å². The highest BCUT2D eigenvalue weighted by Gasteiger charge is 2.19. The summed E-state index contributed by atoms with van der Waals surface area (Å²) in [6, 6.07) is 15.2. The van der Waals surface area contributed by atoms with Crippen LogP contribution in [0.4, 0.5) is 4.39 Å². The van der Waals surface area contributed by atoms with Crippen LogP contribution in [-0.2, 0) is 6.42 Å². The zero-order valence-electron chi connectivity index (χ0n) is 15.5. The molecule has 140 valence electrons. The van der Waals surface area contributed by atoms with Crippen molar-refractivity contribution in [3.05, 3.63) is 93.5 Å². The third kappa shape index (κ3) is 3.03. The molecule has 0 unspecified atom stereocenters. The SMILES string of the molecule is Cc1cc(C(=O)Cc2nc3ccccc3c(=O)[nH]2)c(C)n1-c1ccccc1F. The molecule has 0 aliphatic carbocycles. The van der Waals surface area contributed by atoms with Gasteiger partial charge in [-0.05, 0) is 44.2 Å². The van der Waals surface area contributed by atoms with E-state index < -0.39 is 0 Å². The summed E-state index contributed by atoms with van der Waals surface area (Å²) in [4.78, 5) is 32.2. The normalized spacial score (nSPS) is 11.1. The molecule has 4 rings (SSSR count). The number of Topliss-reactive ketones (excluding diaryl/α,β-unsaturated/α-hetero) is 1. The first-order chi connectivity index (χ1) is 13.5. The number of para-hydroxylation sites is 2. The lowest BCUT2D eigenvalue weighted by molar-refractivity contribution is 0.0990. The van der Waals surface area contributed by atoms with Gasteiger partial charge in [-0.25, -0.2) is 9.37 Å². The van der Waals surface area contributed by atoms with Crippen LogP contribution in [0.5, 0.6) is 0 Å². The Morgan fingerprint density at radius 2 is 1.82 bits per heavy atom. The largest absolute Gasteiger partial charge is 0.315 e. The Kier molecular flexibility index (Phi) is 4.39. The van der Waals surface area contributed by atoms with E-state index in [0.29, 0.717) is 33.7 Å². The number of nitrogens with zero attached hydrogens (tertiary/aromatic N) is 2. The smallest absolute Gasteiger partial charge is 0.258 e. The van der Waals surface area contributed by atoms with Crippen LogP contribution in [0.2, 0.25) is 0 Å². The van der Waals surface area contributed by atoms with E-state index >= 15 is 0 Å². The quantitative estimate of drug-likeness (QED) is 0.550. The summed E-state index contributed by atoms with van der Waals surface area (Å²) in [5.41, 5.74) is 2.56. The molecule has 2 heterocycles. The number of aromatic nitrogens is 3. The standard InChI is InChI=1S/C22H18FN3O2/c1-13-11-16(14(2)26(13)19-10-6-4-8-17(19)23)20(27)12-21-24-18-9-5-3-7-15(18)22(28)25-21/h3-11H,12H2,1-2H3,(H,24,25,28). The van der Waals surface area contributed by atoms with Gasteiger partial charge in [-0.15, -0.1) is 0 Å². The fraction of sp³-hybridized carbons (Fsp3) is 0.136. The van der Waals surface area contributed by atoms with Crippen LogP contribution in [0.1, 0.15) is 27.6 Å². The van der Waals surface area contributed by atoms with Gasteiger partial charge < -0.3 is 9.55 Å². The maximum atomic E-state index is 14.2. The van der Waals surface area contributed by atoms with Gasteiger partial charge in [0.1, 0.15) is 11.6 Å². The molecule has 2 aromatic heterocycles. The minimum atomic E-state index is -0.358. The lowest BCUT2D eigenvalue weighted by Gasteiger charge is -2.10. The molecule has 2 aromatic carbocycles. The van der Waals surface area contributed by atoms with Crippen molar-refractivity contribution in [2.45, 2.75) is 20.3 Å². The second-order valence-corrected chi connectivity index (χ2v) is 6.70. The van der Waals surface area contributed by atoms with Crippen LogP contribution in [0.15, 0.2) is 59.4 Å². The van der Waals surface area contributed by atoms with E-state index in [1.165, 1.54) is 6.07 Å². The van der Waals surface area contributed by atoms with Crippen molar-refractivity contribution in [2.75, 3.05) is 0 Å². The predicted molar refractivity (Wildman–Crippen MR) is 106 cm³/mol. The van der Waals surface area contributed by atoms with E-state index in [0.717, 1.165) is 5.69 Å². The number of H-pyrrole nitrogens is 1. The van der Waals surface area contributed by atoms with E-state index in [1.54, 1.807) is 60.0 Å². The van der Waals surface area contributed by atoms with Crippen LogP contribution in [0.25, 0.3) is 16.6 Å². The molecular formula is C22H18FN3O2. The lowest BCUT2D eigenvalue weighted by Crippen LogP contribution is -2.15. The molecule has 1 N–H and O–H groups in total. The van der Waals surface area contributed by atoms with Gasteiger partial charge in [-0.2, -0.15) is 0 Å². The number of benzene rings is 2. The van der Waals surface area contributed by atoms with Crippen LogP contribution in [0, 0.1) is 19.7 Å². The molecule has 0 amide bonds. The van der Waals surface area contributed by atoms with Gasteiger partial charge in [-0.3, -0.25) is 9.59 Å². The van der Waals surface area contributed by atoms with Crippen molar-refractivity contribution < 1.29 is 9.18 Å². The van der Waals surface area contributed by atoms with Crippen LogP contribution in [-0.4, -0.2) is 20.3 Å². The summed E-state index contributed by atoms with van der Waals surface area (Å²) >= 11 is 0. The third-order valence-corrected chi connectivity index (χ3v) is 4.81. The number of carbonyl (C=O) groups excluding carboxylic acids is 1. The Hall–Kier alpha value is -3.54. The van der Waals surface area contributed by atoms with E-state index in [1.807, 2.05) is 6.92 Å². The summed E-state index contributed by atoms with van der Waals surface area (Å²) in [5, 5.41) is 0.483. The van der Waals surface area contributed by atoms with E-state index in [4.69, 9.17) is 0 Å². The number of hydrogen-bond acceptors (Lipinski definition) is 3. The van der Waals surface area contributed by atoms with Gasteiger partial charge >= 0.3 is 0 Å². The summed E-state index contributed by atoms with van der Waals surface area (Å²) in [7, 11) is 0. The average Bonchev–Trinajstić information content (AvgIpc) is 2.97. The Labute approximate surface area is 160 Å². The number of halogens is 1. The minimum absolute atomic E-state index is 0.0400. The van der Waals surface area contributed by atoms with Crippen molar-refractivity contribution in [3.63, 3.8) is 0 Å². The Balaban J connectivity index is 1.71. The highest BCUT2D eigenvalue weighted by molar-refractivity contribution is 5.98. The van der Waals surface area contributed by atoms with Gasteiger partial charge in [0.15, 0.2) is 5.78 Å². The summed E-state index contributed by atoms with van der Waals surface area (Å²) in [6.07, 6.45) is -0.0400. The highest BCUT2D eigenvalue weighted by Crippen LogP contribution is 2.23. The molecule has 6 heteroatoms. The molecule has 0 aliphatic rings. The molecule has 0 saturated heterocycles. The molecule has 0 saturated carbocycles. The van der Waals surface area contributed by atoms with Crippen molar-refractivity contribution in [2.24, 2.45) is 0 Å². The second kappa shape index (κ2) is 6.88. The highest BCUT2D eigenvalue weighted by atomic mass is 19.1. The number of carbonyl (C=O) groups is 1. The zero-order valence-corrected chi connectivity index (χ0v) is 15.5. The van der Waals surface area contributed by atoms with Crippen molar-refractivity contribution in [1.29, 1.82) is 0 Å². The first kappa shape index (κ1) is 17.9. The summed E-state index contributed by atoms with van der Waals surface area (Å²) in [6.45, 7) is 3.61. The van der Waals surface area contributed by atoms with Gasteiger partial charge in [0.05, 0.1) is 23.0 Å². The fourth-order valence-electron chi connectivity index (χ4n) is 3.51. The van der Waals surface area contributed by atoms with Crippen LogP contribution >= 0.6 is 0 Å². The first-order valence-electron chi connectivity index (χ1n) is 8.90. The fourth-order valence-corrected chi connectivity index (χ4v) is 3.51. The van der Waals surface area contributed by atoms with Crippen LogP contribution < -0.4 is 5.56 Å². The van der Waals surface area contributed by atoms with Gasteiger partial charge in [0, 0.05) is 17.0 Å². The Morgan fingerprint density at radius 3 is 2.61 bits per heavy atom. The molecule has 0 atom stereocenters. The minimum Gasteiger partial charge on any atom is -0.315 e. The molecule has 0 spiro atoms. The topological polar surface area (TPSA) is 67.8 Å². The molecule has 0 bridgehead atoms. The molecule has 4 aromatic rings. The molecule has 28 heavy (non-hydrogen) atoms. The summed E-state index contributed by atoms with van der Waals surface area (Å²) in [5.74, 6) is -0.234. The van der Waals surface area contributed by atoms with Crippen molar-refractivity contribution >= 4 is 16.7 Å². The molecule has 0 aliphatic heterocycles. The Bertz CT molecular complexity index is 1270. The van der Waals surface area contributed by atoms with Gasteiger partial charge in [0.25, 0.3) is 5.56 Å².